The maximum absolute atomic E-state index is 6.48. The van der Waals surface area contributed by atoms with Crippen LogP contribution in [0, 0.1) is 11.3 Å². The lowest BCUT2D eigenvalue weighted by atomic mass is 9.61. The Hall–Kier alpha value is 0.290. The Bertz CT molecular complexity index is 172. The zero-order valence-electron chi connectivity index (χ0n) is 8.69. The van der Waals surface area contributed by atoms with E-state index in [1.165, 1.54) is 51.4 Å². The fourth-order valence-electron chi connectivity index (χ4n) is 3.46. The van der Waals surface area contributed by atoms with Crippen LogP contribution < -0.4 is 0 Å². The highest BCUT2D eigenvalue weighted by molar-refractivity contribution is 6.20. The number of hydrogen-bond donors (Lipinski definition) is 0. The second kappa shape index (κ2) is 3.81. The first kappa shape index (κ1) is 9.83. The number of halogens is 1. The van der Waals surface area contributed by atoms with E-state index >= 15 is 0 Å². The van der Waals surface area contributed by atoms with Crippen LogP contribution in [-0.2, 0) is 0 Å². The lowest BCUT2D eigenvalue weighted by Crippen LogP contribution is -2.37. The molecule has 0 heterocycles. The Morgan fingerprint density at radius 2 is 2.00 bits per heavy atom. The minimum Gasteiger partial charge on any atom is -0.123 e. The zero-order valence-corrected chi connectivity index (χ0v) is 9.45. The molecule has 76 valence electrons. The van der Waals surface area contributed by atoms with Crippen LogP contribution in [0.2, 0.25) is 0 Å². The van der Waals surface area contributed by atoms with Gasteiger partial charge in [0.1, 0.15) is 0 Å². The molecular weight excluding hydrogens is 180 g/mol. The molecule has 2 saturated carbocycles. The number of alkyl halides is 1. The Labute approximate surface area is 87.0 Å². The minimum absolute atomic E-state index is 0.479. The first-order valence-electron chi connectivity index (χ1n) is 5.92. The van der Waals surface area contributed by atoms with Gasteiger partial charge in [-0.2, -0.15) is 0 Å². The van der Waals surface area contributed by atoms with Crippen molar-refractivity contribution in [3.63, 3.8) is 0 Å². The van der Waals surface area contributed by atoms with E-state index in [2.05, 4.69) is 6.92 Å². The van der Waals surface area contributed by atoms with Crippen LogP contribution in [0.4, 0.5) is 0 Å². The van der Waals surface area contributed by atoms with Crippen LogP contribution in [0.5, 0.6) is 0 Å². The molecule has 1 heteroatoms. The highest BCUT2D eigenvalue weighted by atomic mass is 35.5. The Balaban J connectivity index is 1.97. The van der Waals surface area contributed by atoms with Crippen LogP contribution in [-0.4, -0.2) is 5.38 Å². The van der Waals surface area contributed by atoms with E-state index in [9.17, 15) is 0 Å². The topological polar surface area (TPSA) is 0 Å². The molecule has 2 unspecified atom stereocenters. The van der Waals surface area contributed by atoms with Gasteiger partial charge in [-0.3, -0.25) is 0 Å². The van der Waals surface area contributed by atoms with Gasteiger partial charge in [-0.1, -0.05) is 26.2 Å². The molecule has 0 amide bonds. The lowest BCUT2D eigenvalue weighted by Gasteiger charge is -2.45. The molecule has 0 aliphatic heterocycles. The molecule has 2 fully saturated rings. The summed E-state index contributed by atoms with van der Waals surface area (Å²) in [6.07, 6.45) is 11.2. The SMILES string of the molecule is CCCC(Cl)C1CCCC12CCC2. The molecular formula is C12H21Cl. The van der Waals surface area contributed by atoms with E-state index in [-0.39, 0.29) is 0 Å². The minimum atomic E-state index is 0.479. The van der Waals surface area contributed by atoms with Gasteiger partial charge in [0.15, 0.2) is 0 Å². The molecule has 13 heavy (non-hydrogen) atoms. The summed E-state index contributed by atoms with van der Waals surface area (Å²) in [7, 11) is 0. The maximum Gasteiger partial charge on any atom is 0.0369 e. The van der Waals surface area contributed by atoms with Crippen molar-refractivity contribution in [3.8, 4) is 0 Å². The zero-order chi connectivity index (χ0) is 9.31. The summed E-state index contributed by atoms with van der Waals surface area (Å²) < 4.78 is 0. The second-order valence-corrected chi connectivity index (χ2v) is 5.58. The lowest BCUT2D eigenvalue weighted by molar-refractivity contribution is 0.0741. The van der Waals surface area contributed by atoms with Gasteiger partial charge < -0.3 is 0 Å². The Morgan fingerprint density at radius 1 is 1.31 bits per heavy atom. The molecule has 0 aromatic heterocycles. The van der Waals surface area contributed by atoms with E-state index in [4.69, 9.17) is 11.6 Å². The molecule has 2 atom stereocenters. The van der Waals surface area contributed by atoms with Gasteiger partial charge in [-0.25, -0.2) is 0 Å². The fourth-order valence-corrected chi connectivity index (χ4v) is 4.07. The molecule has 0 nitrogen and oxygen atoms in total. The van der Waals surface area contributed by atoms with Crippen LogP contribution in [0.3, 0.4) is 0 Å². The van der Waals surface area contributed by atoms with Gasteiger partial charge in [-0.05, 0) is 43.4 Å². The van der Waals surface area contributed by atoms with Crippen molar-refractivity contribution in [1.29, 1.82) is 0 Å². The molecule has 1 spiro atoms. The van der Waals surface area contributed by atoms with Crippen LogP contribution in [0.25, 0.3) is 0 Å². The summed E-state index contributed by atoms with van der Waals surface area (Å²) in [4.78, 5) is 0. The summed E-state index contributed by atoms with van der Waals surface area (Å²) >= 11 is 6.48. The first-order valence-corrected chi connectivity index (χ1v) is 6.36. The highest BCUT2D eigenvalue weighted by Crippen LogP contribution is 2.58. The Kier molecular flexibility index (Phi) is 2.88. The molecule has 0 aromatic carbocycles. The molecule has 0 N–H and O–H groups in total. The third-order valence-corrected chi connectivity index (χ3v) is 4.85. The van der Waals surface area contributed by atoms with Gasteiger partial charge in [0.25, 0.3) is 0 Å². The normalized spacial score (nSPS) is 33.2. The van der Waals surface area contributed by atoms with Gasteiger partial charge in [0.05, 0.1) is 0 Å². The van der Waals surface area contributed by atoms with Crippen LogP contribution in [0.1, 0.15) is 58.3 Å². The van der Waals surface area contributed by atoms with Crippen molar-refractivity contribution >= 4 is 11.6 Å². The third-order valence-electron chi connectivity index (χ3n) is 4.33. The third kappa shape index (κ3) is 1.63. The van der Waals surface area contributed by atoms with Gasteiger partial charge in [0.2, 0.25) is 0 Å². The highest BCUT2D eigenvalue weighted by Gasteiger charge is 2.48. The fraction of sp³-hybridized carbons (Fsp3) is 1.00. The molecule has 0 radical (unpaired) electrons. The van der Waals surface area contributed by atoms with Crippen LogP contribution in [0.15, 0.2) is 0 Å². The molecule has 0 aromatic rings. The Morgan fingerprint density at radius 3 is 2.54 bits per heavy atom. The van der Waals surface area contributed by atoms with Crippen molar-refractivity contribution in [2.75, 3.05) is 0 Å². The van der Waals surface area contributed by atoms with Crippen molar-refractivity contribution < 1.29 is 0 Å². The molecule has 2 aliphatic rings. The van der Waals surface area contributed by atoms with E-state index in [0.29, 0.717) is 5.38 Å². The standard InChI is InChI=1S/C12H21Cl/c1-2-5-11(13)10-6-3-7-12(10)8-4-9-12/h10-11H,2-9H2,1H3. The molecule has 0 bridgehead atoms. The predicted octanol–water partition coefficient (Wildman–Crippen LogP) is 4.36. The van der Waals surface area contributed by atoms with E-state index in [0.717, 1.165) is 11.3 Å². The van der Waals surface area contributed by atoms with Crippen LogP contribution >= 0.6 is 11.6 Å². The molecule has 0 saturated heterocycles. The van der Waals surface area contributed by atoms with Gasteiger partial charge >= 0.3 is 0 Å². The predicted molar refractivity (Wildman–Crippen MR) is 58.2 cm³/mol. The van der Waals surface area contributed by atoms with E-state index in [1.807, 2.05) is 0 Å². The van der Waals surface area contributed by atoms with Crippen molar-refractivity contribution in [1.82, 2.24) is 0 Å². The van der Waals surface area contributed by atoms with Crippen molar-refractivity contribution in [2.45, 2.75) is 63.7 Å². The van der Waals surface area contributed by atoms with Gasteiger partial charge in [0, 0.05) is 5.38 Å². The monoisotopic (exact) mass is 200 g/mol. The van der Waals surface area contributed by atoms with Crippen molar-refractivity contribution in [2.24, 2.45) is 11.3 Å². The van der Waals surface area contributed by atoms with E-state index < -0.39 is 0 Å². The average Bonchev–Trinajstić information content (AvgIpc) is 2.46. The average molecular weight is 201 g/mol. The maximum atomic E-state index is 6.48. The summed E-state index contributed by atoms with van der Waals surface area (Å²) in [6, 6.07) is 0. The summed E-state index contributed by atoms with van der Waals surface area (Å²) in [5.74, 6) is 0.864. The number of rotatable bonds is 3. The largest absolute Gasteiger partial charge is 0.123 e. The quantitative estimate of drug-likeness (QED) is 0.594. The van der Waals surface area contributed by atoms with E-state index in [1.54, 1.807) is 0 Å². The first-order chi connectivity index (χ1) is 6.28. The molecule has 2 rings (SSSR count). The smallest absolute Gasteiger partial charge is 0.0369 e. The summed E-state index contributed by atoms with van der Waals surface area (Å²) in [6.45, 7) is 2.25. The summed E-state index contributed by atoms with van der Waals surface area (Å²) in [5.41, 5.74) is 0.724. The summed E-state index contributed by atoms with van der Waals surface area (Å²) in [5, 5.41) is 0.479. The van der Waals surface area contributed by atoms with Crippen molar-refractivity contribution in [3.05, 3.63) is 0 Å². The van der Waals surface area contributed by atoms with Gasteiger partial charge in [-0.15, -0.1) is 11.6 Å². The second-order valence-electron chi connectivity index (χ2n) is 5.02. The molecule has 2 aliphatic carbocycles. The number of hydrogen-bond acceptors (Lipinski definition) is 0.